The fraction of sp³-hybridized carbons (Fsp3) is 0.500. The molecule has 0 N–H and O–H groups in total. The van der Waals surface area contributed by atoms with Gasteiger partial charge in [0.15, 0.2) is 0 Å². The first-order valence-corrected chi connectivity index (χ1v) is 6.30. The number of likely N-dealkylation sites (N-methyl/N-ethyl adjacent to an activating group) is 1. The van der Waals surface area contributed by atoms with E-state index in [-0.39, 0.29) is 0 Å². The molecule has 0 saturated heterocycles. The van der Waals surface area contributed by atoms with Gasteiger partial charge in [-0.3, -0.25) is 4.99 Å². The molecule has 1 aromatic rings. The zero-order chi connectivity index (χ0) is 12.1. The molecular weight excluding hydrogens is 212 g/mol. The van der Waals surface area contributed by atoms with Gasteiger partial charge in [0.25, 0.3) is 0 Å². The number of ether oxygens (including phenoxy) is 1. The van der Waals surface area contributed by atoms with Crippen molar-refractivity contribution >= 4 is 5.84 Å². The first-order valence-electron chi connectivity index (χ1n) is 6.30. The summed E-state index contributed by atoms with van der Waals surface area (Å²) in [6.07, 6.45) is 2.26. The lowest BCUT2D eigenvalue weighted by atomic mass is 10.2. The lowest BCUT2D eigenvalue weighted by Gasteiger charge is -2.14. The number of nitrogens with zero attached hydrogens (tertiary/aromatic N) is 2. The van der Waals surface area contributed by atoms with Crippen LogP contribution in [-0.2, 0) is 0 Å². The number of amidine groups is 1. The second kappa shape index (κ2) is 5.71. The summed E-state index contributed by atoms with van der Waals surface area (Å²) >= 11 is 0. The Labute approximate surface area is 103 Å². The van der Waals surface area contributed by atoms with E-state index < -0.39 is 0 Å². The Hall–Kier alpha value is -1.51. The fourth-order valence-electron chi connectivity index (χ4n) is 1.90. The topological polar surface area (TPSA) is 24.8 Å². The van der Waals surface area contributed by atoms with Gasteiger partial charge < -0.3 is 9.64 Å². The van der Waals surface area contributed by atoms with E-state index in [1.807, 2.05) is 12.1 Å². The first kappa shape index (κ1) is 12.0. The standard InChI is InChI=1S/C14H20N2O/c1-3-4-10-17-13-7-5-6-12(11-13)14-15-8-9-16(14)2/h5-7,11H,3-4,8-10H2,1-2H3. The predicted octanol–water partition coefficient (Wildman–Crippen LogP) is 2.56. The molecule has 0 atom stereocenters. The molecule has 2 rings (SSSR count). The maximum Gasteiger partial charge on any atom is 0.130 e. The summed E-state index contributed by atoms with van der Waals surface area (Å²) < 4.78 is 5.71. The van der Waals surface area contributed by atoms with Crippen molar-refractivity contribution in [3.8, 4) is 5.75 Å². The summed E-state index contributed by atoms with van der Waals surface area (Å²) in [5.74, 6) is 2.02. The molecule has 92 valence electrons. The molecule has 1 aromatic carbocycles. The normalized spacial score (nSPS) is 14.9. The number of hydrogen-bond acceptors (Lipinski definition) is 3. The van der Waals surface area contributed by atoms with Crippen LogP contribution in [0.4, 0.5) is 0 Å². The van der Waals surface area contributed by atoms with Crippen molar-refractivity contribution in [1.82, 2.24) is 4.90 Å². The minimum Gasteiger partial charge on any atom is -0.494 e. The molecule has 0 aliphatic carbocycles. The summed E-state index contributed by atoms with van der Waals surface area (Å²) in [5.41, 5.74) is 1.15. The zero-order valence-corrected chi connectivity index (χ0v) is 10.6. The lowest BCUT2D eigenvalue weighted by Crippen LogP contribution is -2.23. The summed E-state index contributed by atoms with van der Waals surface area (Å²) in [6, 6.07) is 8.21. The number of unbranched alkanes of at least 4 members (excludes halogenated alkanes) is 1. The summed E-state index contributed by atoms with van der Waals surface area (Å²) in [4.78, 5) is 6.70. The van der Waals surface area contributed by atoms with Gasteiger partial charge in [-0.05, 0) is 18.6 Å². The van der Waals surface area contributed by atoms with Gasteiger partial charge >= 0.3 is 0 Å². The highest BCUT2D eigenvalue weighted by Gasteiger charge is 2.14. The molecule has 1 aliphatic heterocycles. The monoisotopic (exact) mass is 232 g/mol. The molecule has 0 spiro atoms. The van der Waals surface area contributed by atoms with Gasteiger partial charge in [0, 0.05) is 19.2 Å². The van der Waals surface area contributed by atoms with E-state index in [1.54, 1.807) is 0 Å². The van der Waals surface area contributed by atoms with E-state index in [0.717, 1.165) is 49.7 Å². The molecule has 0 amide bonds. The highest BCUT2D eigenvalue weighted by Crippen LogP contribution is 2.17. The summed E-state index contributed by atoms with van der Waals surface area (Å²) in [6.45, 7) is 4.87. The molecule has 1 heterocycles. The van der Waals surface area contributed by atoms with Crippen molar-refractivity contribution in [2.24, 2.45) is 4.99 Å². The largest absolute Gasteiger partial charge is 0.494 e. The Balaban J connectivity index is 2.06. The second-order valence-electron chi connectivity index (χ2n) is 4.36. The third-order valence-corrected chi connectivity index (χ3v) is 2.92. The Bertz CT molecular complexity index is 401. The van der Waals surface area contributed by atoms with Gasteiger partial charge in [-0.1, -0.05) is 25.5 Å². The van der Waals surface area contributed by atoms with Crippen molar-refractivity contribution in [3.63, 3.8) is 0 Å². The van der Waals surface area contributed by atoms with Crippen molar-refractivity contribution in [2.45, 2.75) is 19.8 Å². The van der Waals surface area contributed by atoms with Gasteiger partial charge in [-0.15, -0.1) is 0 Å². The molecule has 0 aromatic heterocycles. The lowest BCUT2D eigenvalue weighted by molar-refractivity contribution is 0.309. The minimum absolute atomic E-state index is 0.794. The first-order chi connectivity index (χ1) is 8.31. The number of aliphatic imine (C=N–C) groups is 1. The Kier molecular flexibility index (Phi) is 4.02. The molecule has 0 saturated carbocycles. The Morgan fingerprint density at radius 1 is 1.41 bits per heavy atom. The Morgan fingerprint density at radius 3 is 3.00 bits per heavy atom. The van der Waals surface area contributed by atoms with Crippen LogP contribution in [0.15, 0.2) is 29.3 Å². The summed E-state index contributed by atoms with van der Waals surface area (Å²) in [7, 11) is 2.08. The van der Waals surface area contributed by atoms with Crippen LogP contribution in [0.3, 0.4) is 0 Å². The van der Waals surface area contributed by atoms with E-state index in [2.05, 4.69) is 36.0 Å². The van der Waals surface area contributed by atoms with Crippen LogP contribution in [0.2, 0.25) is 0 Å². The van der Waals surface area contributed by atoms with Crippen molar-refractivity contribution in [3.05, 3.63) is 29.8 Å². The van der Waals surface area contributed by atoms with E-state index >= 15 is 0 Å². The van der Waals surface area contributed by atoms with Crippen LogP contribution >= 0.6 is 0 Å². The van der Waals surface area contributed by atoms with Gasteiger partial charge in [0.05, 0.1) is 13.2 Å². The number of hydrogen-bond donors (Lipinski definition) is 0. The van der Waals surface area contributed by atoms with Crippen LogP contribution in [-0.4, -0.2) is 37.5 Å². The maximum atomic E-state index is 5.71. The van der Waals surface area contributed by atoms with Gasteiger partial charge in [0.2, 0.25) is 0 Å². The summed E-state index contributed by atoms with van der Waals surface area (Å²) in [5, 5.41) is 0. The molecule has 3 nitrogen and oxygen atoms in total. The van der Waals surface area contributed by atoms with E-state index in [0.29, 0.717) is 0 Å². The molecule has 0 unspecified atom stereocenters. The van der Waals surface area contributed by atoms with Crippen molar-refractivity contribution in [1.29, 1.82) is 0 Å². The van der Waals surface area contributed by atoms with Crippen LogP contribution in [0.5, 0.6) is 5.75 Å². The maximum absolute atomic E-state index is 5.71. The highest BCUT2D eigenvalue weighted by atomic mass is 16.5. The predicted molar refractivity (Wildman–Crippen MR) is 70.9 cm³/mol. The third kappa shape index (κ3) is 2.99. The molecule has 0 fully saturated rings. The van der Waals surface area contributed by atoms with Gasteiger partial charge in [-0.25, -0.2) is 0 Å². The van der Waals surface area contributed by atoms with E-state index in [9.17, 15) is 0 Å². The van der Waals surface area contributed by atoms with Crippen LogP contribution in [0.1, 0.15) is 25.3 Å². The van der Waals surface area contributed by atoms with Crippen LogP contribution < -0.4 is 4.74 Å². The Morgan fingerprint density at radius 2 is 2.29 bits per heavy atom. The van der Waals surface area contributed by atoms with Crippen molar-refractivity contribution in [2.75, 3.05) is 26.7 Å². The molecule has 0 bridgehead atoms. The van der Waals surface area contributed by atoms with Crippen LogP contribution in [0, 0.1) is 0 Å². The molecular formula is C14H20N2O. The SMILES string of the molecule is CCCCOc1cccc(C2=NCCN2C)c1. The zero-order valence-electron chi connectivity index (χ0n) is 10.6. The molecule has 17 heavy (non-hydrogen) atoms. The van der Waals surface area contributed by atoms with Gasteiger partial charge in [0.1, 0.15) is 11.6 Å². The molecule has 0 radical (unpaired) electrons. The molecule has 3 heteroatoms. The second-order valence-corrected chi connectivity index (χ2v) is 4.36. The van der Waals surface area contributed by atoms with Crippen molar-refractivity contribution < 1.29 is 4.74 Å². The van der Waals surface area contributed by atoms with E-state index in [4.69, 9.17) is 4.74 Å². The third-order valence-electron chi connectivity index (χ3n) is 2.92. The highest BCUT2D eigenvalue weighted by molar-refractivity contribution is 5.99. The number of rotatable bonds is 5. The number of benzene rings is 1. The average molecular weight is 232 g/mol. The van der Waals surface area contributed by atoms with E-state index in [1.165, 1.54) is 0 Å². The fourth-order valence-corrected chi connectivity index (χ4v) is 1.90. The quantitative estimate of drug-likeness (QED) is 0.729. The van der Waals surface area contributed by atoms with Crippen LogP contribution in [0.25, 0.3) is 0 Å². The van der Waals surface area contributed by atoms with Gasteiger partial charge in [-0.2, -0.15) is 0 Å². The molecule has 1 aliphatic rings. The minimum atomic E-state index is 0.794. The average Bonchev–Trinajstić information content (AvgIpc) is 2.76. The smallest absolute Gasteiger partial charge is 0.130 e.